The van der Waals surface area contributed by atoms with E-state index in [9.17, 15) is 9.59 Å². The lowest BCUT2D eigenvalue weighted by Crippen LogP contribution is -2.52. The van der Waals surface area contributed by atoms with Crippen LogP contribution in [0.5, 0.6) is 0 Å². The lowest BCUT2D eigenvalue weighted by Gasteiger charge is -2.32. The van der Waals surface area contributed by atoms with E-state index in [1.165, 1.54) is 0 Å². The number of thioether (sulfide) groups is 1. The van der Waals surface area contributed by atoms with E-state index in [0.717, 1.165) is 41.7 Å². The molecule has 0 radical (unpaired) electrons. The van der Waals surface area contributed by atoms with Gasteiger partial charge in [0.05, 0.1) is 10.0 Å². The van der Waals surface area contributed by atoms with Crippen molar-refractivity contribution in [2.45, 2.75) is 62.0 Å². The Morgan fingerprint density at radius 3 is 2.29 bits per heavy atom. The molecule has 1 aliphatic rings. The third-order valence-corrected chi connectivity index (χ3v) is 8.71. The molecule has 38 heavy (non-hydrogen) atoms. The molecule has 0 spiro atoms. The van der Waals surface area contributed by atoms with Crippen LogP contribution in [-0.2, 0) is 22.6 Å². The molecular formula is C30H31Cl3N2O2S. The number of amides is 2. The summed E-state index contributed by atoms with van der Waals surface area (Å²) in [5, 5.41) is 4.78. The fourth-order valence-electron chi connectivity index (χ4n) is 4.69. The Morgan fingerprint density at radius 1 is 0.895 bits per heavy atom. The molecule has 0 aromatic heterocycles. The van der Waals surface area contributed by atoms with E-state index in [4.69, 9.17) is 34.8 Å². The molecule has 0 bridgehead atoms. The Bertz CT molecular complexity index is 1220. The van der Waals surface area contributed by atoms with Crippen LogP contribution in [0.4, 0.5) is 0 Å². The van der Waals surface area contributed by atoms with E-state index in [1.807, 2.05) is 60.7 Å². The maximum Gasteiger partial charge on any atom is 0.243 e. The van der Waals surface area contributed by atoms with Crippen LogP contribution in [0.1, 0.15) is 43.2 Å². The molecule has 0 aliphatic heterocycles. The predicted molar refractivity (Wildman–Crippen MR) is 158 cm³/mol. The van der Waals surface area contributed by atoms with Crippen LogP contribution in [-0.4, -0.2) is 34.6 Å². The minimum Gasteiger partial charge on any atom is -0.352 e. The van der Waals surface area contributed by atoms with Crippen LogP contribution in [0.2, 0.25) is 15.1 Å². The van der Waals surface area contributed by atoms with E-state index in [2.05, 4.69) is 5.32 Å². The van der Waals surface area contributed by atoms with E-state index in [0.29, 0.717) is 27.2 Å². The van der Waals surface area contributed by atoms with Gasteiger partial charge < -0.3 is 10.2 Å². The molecule has 1 atom stereocenters. The Labute approximate surface area is 244 Å². The fourth-order valence-corrected chi connectivity index (χ4v) is 5.97. The number of nitrogens with zero attached hydrogens (tertiary/aromatic N) is 1. The van der Waals surface area contributed by atoms with Crippen molar-refractivity contribution in [1.82, 2.24) is 10.2 Å². The number of hydrogen-bond donors (Lipinski definition) is 1. The van der Waals surface area contributed by atoms with Crippen LogP contribution >= 0.6 is 46.6 Å². The molecular weight excluding hydrogens is 559 g/mol. The third kappa shape index (κ3) is 8.41. The fraction of sp³-hybridized carbons (Fsp3) is 0.333. The Balaban J connectivity index is 1.57. The quantitative estimate of drug-likeness (QED) is 0.232. The number of benzene rings is 3. The van der Waals surface area contributed by atoms with Crippen molar-refractivity contribution in [1.29, 1.82) is 0 Å². The van der Waals surface area contributed by atoms with E-state index in [1.54, 1.807) is 28.8 Å². The molecule has 1 saturated carbocycles. The molecule has 8 heteroatoms. The first-order chi connectivity index (χ1) is 18.4. The van der Waals surface area contributed by atoms with Gasteiger partial charge in [-0.25, -0.2) is 0 Å². The van der Waals surface area contributed by atoms with Gasteiger partial charge in [-0.05, 0) is 60.4 Å². The molecule has 3 aromatic rings. The molecule has 0 saturated heterocycles. The van der Waals surface area contributed by atoms with Gasteiger partial charge in [-0.1, -0.05) is 84.0 Å². The number of halogens is 3. The van der Waals surface area contributed by atoms with E-state index < -0.39 is 6.04 Å². The number of carbonyl (C=O) groups is 2. The van der Waals surface area contributed by atoms with Gasteiger partial charge >= 0.3 is 0 Å². The first kappa shape index (κ1) is 28.8. The van der Waals surface area contributed by atoms with Crippen LogP contribution in [0.3, 0.4) is 0 Å². The van der Waals surface area contributed by atoms with Crippen molar-refractivity contribution in [2.24, 2.45) is 0 Å². The smallest absolute Gasteiger partial charge is 0.243 e. The maximum atomic E-state index is 13.8. The number of nitrogens with one attached hydrogen (secondary N) is 1. The van der Waals surface area contributed by atoms with Crippen molar-refractivity contribution in [2.75, 3.05) is 5.75 Å². The predicted octanol–water partition coefficient (Wildman–Crippen LogP) is 7.83. The third-order valence-electron chi connectivity index (χ3n) is 6.71. The zero-order chi connectivity index (χ0) is 26.9. The van der Waals surface area contributed by atoms with Gasteiger partial charge in [-0.2, -0.15) is 0 Å². The van der Waals surface area contributed by atoms with Crippen LogP contribution in [0.25, 0.3) is 0 Å². The van der Waals surface area contributed by atoms with Gasteiger partial charge in [0.1, 0.15) is 6.04 Å². The monoisotopic (exact) mass is 588 g/mol. The minimum absolute atomic E-state index is 0.0833. The molecule has 0 unspecified atom stereocenters. The average molecular weight is 590 g/mol. The summed E-state index contributed by atoms with van der Waals surface area (Å²) in [6.45, 7) is 0.261. The second-order valence-corrected chi connectivity index (χ2v) is 11.9. The largest absolute Gasteiger partial charge is 0.352 e. The highest BCUT2D eigenvalue weighted by molar-refractivity contribution is 7.99. The van der Waals surface area contributed by atoms with Gasteiger partial charge in [0.25, 0.3) is 0 Å². The van der Waals surface area contributed by atoms with Gasteiger partial charge in [-0.15, -0.1) is 11.8 Å². The molecule has 4 rings (SSSR count). The molecule has 0 heterocycles. The molecule has 1 N–H and O–H groups in total. The van der Waals surface area contributed by atoms with Gasteiger partial charge in [0, 0.05) is 41.1 Å². The van der Waals surface area contributed by atoms with Crippen molar-refractivity contribution in [3.05, 3.63) is 99.0 Å². The number of hydrogen-bond acceptors (Lipinski definition) is 3. The zero-order valence-electron chi connectivity index (χ0n) is 21.0. The van der Waals surface area contributed by atoms with E-state index in [-0.39, 0.29) is 30.8 Å². The second kappa shape index (κ2) is 14.3. The van der Waals surface area contributed by atoms with Crippen LogP contribution in [0, 0.1) is 0 Å². The molecule has 4 nitrogen and oxygen atoms in total. The molecule has 1 fully saturated rings. The van der Waals surface area contributed by atoms with Gasteiger partial charge in [-0.3, -0.25) is 9.59 Å². The second-order valence-electron chi connectivity index (χ2n) is 9.52. The summed E-state index contributed by atoms with van der Waals surface area (Å²) in [6.07, 6.45) is 4.89. The van der Waals surface area contributed by atoms with Crippen molar-refractivity contribution in [3.8, 4) is 0 Å². The maximum absolute atomic E-state index is 13.8. The number of rotatable bonds is 11. The lowest BCUT2D eigenvalue weighted by atomic mass is 10.0. The Kier molecular flexibility index (Phi) is 10.8. The highest BCUT2D eigenvalue weighted by Crippen LogP contribution is 2.26. The van der Waals surface area contributed by atoms with E-state index >= 15 is 0 Å². The van der Waals surface area contributed by atoms with Crippen molar-refractivity contribution >= 4 is 58.4 Å². The highest BCUT2D eigenvalue weighted by Gasteiger charge is 2.32. The zero-order valence-corrected chi connectivity index (χ0v) is 24.1. The first-order valence-corrected chi connectivity index (χ1v) is 15.0. The van der Waals surface area contributed by atoms with Crippen LogP contribution < -0.4 is 5.32 Å². The molecule has 1 aliphatic carbocycles. The summed E-state index contributed by atoms with van der Waals surface area (Å²) < 4.78 is 0. The standard InChI is InChI=1S/C30H31Cl3N2O2S/c31-23-11-13-25(14-12-23)38-17-16-29(36)35(20-22-10-15-26(32)27(33)18-22)28(19-21-6-2-1-3-7-21)30(37)34-24-8-4-5-9-24/h1-3,6-7,10-15,18,24,28H,4-5,8-9,16-17,19-20H2,(H,34,37)/t28-/m1/s1. The lowest BCUT2D eigenvalue weighted by molar-refractivity contribution is -0.141. The van der Waals surface area contributed by atoms with Gasteiger partial charge in [0.15, 0.2) is 0 Å². The van der Waals surface area contributed by atoms with Crippen molar-refractivity contribution < 1.29 is 9.59 Å². The summed E-state index contributed by atoms with van der Waals surface area (Å²) in [4.78, 5) is 30.2. The SMILES string of the molecule is O=C(NC1CCCC1)[C@@H](Cc1ccccc1)N(Cc1ccc(Cl)c(Cl)c1)C(=O)CCSc1ccc(Cl)cc1. The average Bonchev–Trinajstić information content (AvgIpc) is 3.43. The summed E-state index contributed by atoms with van der Waals surface area (Å²) in [5.41, 5.74) is 1.83. The summed E-state index contributed by atoms with van der Waals surface area (Å²) in [6, 6.07) is 22.3. The Morgan fingerprint density at radius 2 is 1.61 bits per heavy atom. The minimum atomic E-state index is -0.652. The van der Waals surface area contributed by atoms with Crippen molar-refractivity contribution in [3.63, 3.8) is 0 Å². The molecule has 2 amide bonds. The van der Waals surface area contributed by atoms with Gasteiger partial charge in [0.2, 0.25) is 11.8 Å². The normalized spacial score (nSPS) is 14.3. The number of carbonyl (C=O) groups excluding carboxylic acids is 2. The Hall–Kier alpha value is -2.18. The summed E-state index contributed by atoms with van der Waals surface area (Å²) >= 11 is 20.0. The topological polar surface area (TPSA) is 49.4 Å². The summed E-state index contributed by atoms with van der Waals surface area (Å²) in [7, 11) is 0. The summed E-state index contributed by atoms with van der Waals surface area (Å²) in [5.74, 6) is 0.389. The molecule has 3 aromatic carbocycles. The van der Waals surface area contributed by atoms with Crippen LogP contribution in [0.15, 0.2) is 77.7 Å². The highest BCUT2D eigenvalue weighted by atomic mass is 35.5. The first-order valence-electron chi connectivity index (χ1n) is 12.8. The molecule has 200 valence electrons.